The molecule has 2 atom stereocenters. The van der Waals surface area contributed by atoms with Crippen molar-refractivity contribution < 1.29 is 69.5 Å². The maximum Gasteiger partial charge on any atom is 1.00 e. The quantitative estimate of drug-likeness (QED) is 0.194. The van der Waals surface area contributed by atoms with Gasteiger partial charge in [-0.25, -0.2) is 8.42 Å². The Morgan fingerprint density at radius 3 is 1.41 bits per heavy atom. The molecule has 0 aromatic heterocycles. The monoisotopic (exact) mass is 430 g/mol. The van der Waals surface area contributed by atoms with E-state index in [0.29, 0.717) is 12.8 Å². The molecule has 0 aromatic carbocycles. The van der Waals surface area contributed by atoms with Gasteiger partial charge in [0.25, 0.3) is 0 Å². The Morgan fingerprint density at radius 2 is 1.04 bits per heavy atom. The van der Waals surface area contributed by atoms with Gasteiger partial charge < -0.3 is 9.66 Å². The normalized spacial score (nSPS) is 13.9. The van der Waals surface area contributed by atoms with Gasteiger partial charge in [0, 0.05) is 5.25 Å². The molecule has 0 radical (unpaired) electrons. The van der Waals surface area contributed by atoms with Crippen molar-refractivity contribution in [2.75, 3.05) is 0 Å². The van der Waals surface area contributed by atoms with Gasteiger partial charge in [0.15, 0.2) is 0 Å². The van der Waals surface area contributed by atoms with Crippen LogP contribution in [0.3, 0.4) is 0 Å². The first-order chi connectivity index (χ1) is 12.4. The van der Waals surface area contributed by atoms with E-state index in [1.54, 1.807) is 6.92 Å². The third kappa shape index (κ3) is 22.0. The van der Waals surface area contributed by atoms with Crippen molar-refractivity contribution in [3.63, 3.8) is 0 Å². The zero-order valence-electron chi connectivity index (χ0n) is 18.3. The van der Waals surface area contributed by atoms with Gasteiger partial charge in [0.1, 0.15) is 0 Å². The van der Waals surface area contributed by atoms with Crippen molar-refractivity contribution in [3.8, 4) is 0 Å². The van der Waals surface area contributed by atoms with E-state index in [1.165, 1.54) is 51.4 Å². The van der Waals surface area contributed by atoms with Gasteiger partial charge in [-0.1, -0.05) is 96.8 Å². The van der Waals surface area contributed by atoms with E-state index in [1.807, 2.05) is 0 Å². The van der Waals surface area contributed by atoms with Crippen LogP contribution in [-0.2, 0) is 10.1 Å². The van der Waals surface area contributed by atoms with E-state index >= 15 is 0 Å². The second kappa shape index (κ2) is 20.8. The largest absolute Gasteiger partial charge is 1.00 e. The van der Waals surface area contributed by atoms with E-state index in [9.17, 15) is 18.1 Å². The molecule has 0 aliphatic rings. The zero-order valence-corrected chi connectivity index (χ0v) is 22.2. The summed E-state index contributed by atoms with van der Waals surface area (Å²) in [7, 11) is -4.18. The first kappa shape index (κ1) is 30.7. The second-order valence-electron chi connectivity index (χ2n) is 7.93. The third-order valence-electron chi connectivity index (χ3n) is 5.19. The summed E-state index contributed by atoms with van der Waals surface area (Å²) in [6, 6.07) is 0. The number of unbranched alkanes of at least 4 members (excludes halogenated alkanes) is 12. The predicted octanol–water partition coefficient (Wildman–Crippen LogP) is 2.94. The van der Waals surface area contributed by atoms with Crippen LogP contribution in [0.5, 0.6) is 0 Å². The summed E-state index contributed by atoms with van der Waals surface area (Å²) in [5, 5.41) is 8.50. The number of hydrogen-bond donors (Lipinski definition) is 1. The fourth-order valence-electron chi connectivity index (χ4n) is 3.46. The molecule has 0 bridgehead atoms. The summed E-state index contributed by atoms with van der Waals surface area (Å²) in [5.41, 5.74) is 0. The molecule has 0 aromatic rings. The van der Waals surface area contributed by atoms with Gasteiger partial charge in [-0.3, -0.25) is 0 Å². The molecule has 2 unspecified atom stereocenters. The summed E-state index contributed by atoms with van der Waals surface area (Å²) in [6.45, 7) is 4.00. The first-order valence-electron chi connectivity index (χ1n) is 11.0. The molecule has 4 nitrogen and oxygen atoms in total. The van der Waals surface area contributed by atoms with Gasteiger partial charge in [-0.05, 0) is 26.2 Å². The van der Waals surface area contributed by atoms with E-state index < -0.39 is 15.4 Å². The summed E-state index contributed by atoms with van der Waals surface area (Å²) >= 11 is 0. The van der Waals surface area contributed by atoms with Crippen LogP contribution < -0.4 is 51.4 Å². The Hall–Kier alpha value is 1.51. The van der Waals surface area contributed by atoms with Crippen molar-refractivity contribution in [1.82, 2.24) is 0 Å². The second-order valence-corrected chi connectivity index (χ2v) is 9.58. The van der Waals surface area contributed by atoms with Gasteiger partial charge in [-0.15, -0.1) is 0 Å². The van der Waals surface area contributed by atoms with Crippen LogP contribution in [0.15, 0.2) is 0 Å². The Kier molecular flexibility index (Phi) is 23.6. The molecule has 6 heteroatoms. The molecule has 0 aliphatic carbocycles. The third-order valence-corrected chi connectivity index (χ3v) is 6.47. The maximum absolute atomic E-state index is 11.4. The van der Waals surface area contributed by atoms with E-state index in [0.717, 1.165) is 44.9 Å². The molecule has 0 amide bonds. The SMILES string of the molecule is CCCCCCCCCCCCCC(CCCCCC(C)O)S(=O)(=O)[O-].[K+]. The average Bonchev–Trinajstić information content (AvgIpc) is 2.56. The van der Waals surface area contributed by atoms with Crippen molar-refractivity contribution in [1.29, 1.82) is 0 Å². The zero-order chi connectivity index (χ0) is 19.7. The number of aliphatic hydroxyl groups excluding tert-OH is 1. The van der Waals surface area contributed by atoms with Crippen LogP contribution >= 0.6 is 0 Å². The van der Waals surface area contributed by atoms with Gasteiger partial charge in [-0.2, -0.15) is 0 Å². The number of rotatable bonds is 19. The molecular weight excluding hydrogens is 387 g/mol. The van der Waals surface area contributed by atoms with E-state index in [4.69, 9.17) is 0 Å². The number of hydrogen-bond acceptors (Lipinski definition) is 4. The van der Waals surface area contributed by atoms with Crippen LogP contribution in [0.1, 0.15) is 123 Å². The molecule has 0 heterocycles. The molecule has 158 valence electrons. The smallest absolute Gasteiger partial charge is 0.748 e. The Balaban J connectivity index is 0. The van der Waals surface area contributed by atoms with E-state index in [2.05, 4.69) is 6.92 Å². The molecule has 0 saturated heterocycles. The molecule has 0 rings (SSSR count). The fraction of sp³-hybridized carbons (Fsp3) is 1.00. The molecule has 0 fully saturated rings. The van der Waals surface area contributed by atoms with Crippen LogP contribution in [0, 0.1) is 0 Å². The van der Waals surface area contributed by atoms with Crippen LogP contribution in [-0.4, -0.2) is 29.4 Å². The first-order valence-corrected chi connectivity index (χ1v) is 12.5. The van der Waals surface area contributed by atoms with E-state index in [-0.39, 0.29) is 57.5 Å². The summed E-state index contributed by atoms with van der Waals surface area (Å²) in [6.07, 6.45) is 17.5. The molecular formula is C21H43KO4S. The molecule has 0 saturated carbocycles. The van der Waals surface area contributed by atoms with Crippen molar-refractivity contribution in [2.45, 2.75) is 134 Å². The molecule has 0 aliphatic heterocycles. The topological polar surface area (TPSA) is 77.4 Å². The van der Waals surface area contributed by atoms with Crippen LogP contribution in [0.4, 0.5) is 0 Å². The van der Waals surface area contributed by atoms with Gasteiger partial charge in [0.2, 0.25) is 0 Å². The Morgan fingerprint density at radius 1 is 0.704 bits per heavy atom. The van der Waals surface area contributed by atoms with Crippen LogP contribution in [0.2, 0.25) is 0 Å². The standard InChI is InChI=1S/C21H44O4S.K/c1-3-4-5-6-7-8-9-10-11-12-15-18-21(26(23,24)25)19-16-13-14-17-20(2)22;/h20-22H,3-19H2,1-2H3,(H,23,24,25);/q;+1/p-1. The Labute approximate surface area is 211 Å². The van der Waals surface area contributed by atoms with Crippen molar-refractivity contribution in [3.05, 3.63) is 0 Å². The van der Waals surface area contributed by atoms with Gasteiger partial charge >= 0.3 is 51.4 Å². The number of aliphatic hydroxyl groups is 1. The molecule has 27 heavy (non-hydrogen) atoms. The van der Waals surface area contributed by atoms with Gasteiger partial charge in [0.05, 0.1) is 16.2 Å². The van der Waals surface area contributed by atoms with Crippen LogP contribution in [0.25, 0.3) is 0 Å². The van der Waals surface area contributed by atoms with Crippen molar-refractivity contribution in [2.24, 2.45) is 0 Å². The maximum atomic E-state index is 11.4. The minimum atomic E-state index is -4.18. The average molecular weight is 431 g/mol. The molecule has 1 N–H and O–H groups in total. The fourth-order valence-corrected chi connectivity index (χ4v) is 4.37. The summed E-state index contributed by atoms with van der Waals surface area (Å²) in [4.78, 5) is 0. The predicted molar refractivity (Wildman–Crippen MR) is 109 cm³/mol. The summed E-state index contributed by atoms with van der Waals surface area (Å²) < 4.78 is 34.3. The molecule has 0 spiro atoms. The minimum absolute atomic E-state index is 0. The van der Waals surface area contributed by atoms with Crippen molar-refractivity contribution >= 4 is 10.1 Å². The minimum Gasteiger partial charge on any atom is -0.748 e. The summed E-state index contributed by atoms with van der Waals surface area (Å²) in [5.74, 6) is 0. The Bertz CT molecular complexity index is 399.